The van der Waals surface area contributed by atoms with Crippen LogP contribution in [0.15, 0.2) is 36.5 Å². The monoisotopic (exact) mass is 1120 g/mol. The van der Waals surface area contributed by atoms with Crippen LogP contribution in [0.4, 0.5) is 0 Å². The van der Waals surface area contributed by atoms with Gasteiger partial charge in [0.15, 0.2) is 6.29 Å². The topological polar surface area (TPSA) is 149 Å². The van der Waals surface area contributed by atoms with E-state index in [1.54, 1.807) is 6.08 Å². The van der Waals surface area contributed by atoms with E-state index in [0.29, 0.717) is 6.42 Å². The lowest BCUT2D eigenvalue weighted by Crippen LogP contribution is -2.60. The molecule has 1 aliphatic heterocycles. The lowest BCUT2D eigenvalue weighted by atomic mass is 9.99. The van der Waals surface area contributed by atoms with Crippen molar-refractivity contribution in [1.29, 1.82) is 0 Å². The molecule has 0 aliphatic carbocycles. The average Bonchev–Trinajstić information content (AvgIpc) is 3.47. The highest BCUT2D eigenvalue weighted by Crippen LogP contribution is 2.23. The summed E-state index contributed by atoms with van der Waals surface area (Å²) < 4.78 is 11.3. The van der Waals surface area contributed by atoms with Gasteiger partial charge < -0.3 is 40.3 Å². The van der Waals surface area contributed by atoms with Gasteiger partial charge in [-0.25, -0.2) is 0 Å². The number of unbranched alkanes of at least 4 members (excludes halogenated alkanes) is 47. The minimum Gasteiger partial charge on any atom is -0.394 e. The van der Waals surface area contributed by atoms with Crippen molar-refractivity contribution in [3.63, 3.8) is 0 Å². The van der Waals surface area contributed by atoms with Crippen molar-refractivity contribution in [3.05, 3.63) is 36.5 Å². The second-order valence-electron chi connectivity index (χ2n) is 24.3. The Balaban J connectivity index is 2.14. The van der Waals surface area contributed by atoms with Crippen molar-refractivity contribution in [1.82, 2.24) is 5.32 Å². The summed E-state index contributed by atoms with van der Waals surface area (Å²) in [5.41, 5.74) is 0. The van der Waals surface area contributed by atoms with Crippen molar-refractivity contribution in [2.45, 2.75) is 391 Å². The van der Waals surface area contributed by atoms with Crippen LogP contribution in [0.5, 0.6) is 0 Å². The first-order chi connectivity index (χ1) is 38.8. The summed E-state index contributed by atoms with van der Waals surface area (Å²) in [7, 11) is 0. The van der Waals surface area contributed by atoms with Gasteiger partial charge >= 0.3 is 0 Å². The number of ether oxygens (including phenoxy) is 2. The summed E-state index contributed by atoms with van der Waals surface area (Å²) in [6, 6.07) is -0.806. The molecule has 0 spiro atoms. The van der Waals surface area contributed by atoms with Gasteiger partial charge in [0.2, 0.25) is 5.91 Å². The first kappa shape index (κ1) is 75.4. The molecule has 7 atom stereocenters. The molecule has 1 amide bonds. The first-order valence-corrected chi connectivity index (χ1v) is 34.7. The molecule has 9 nitrogen and oxygen atoms in total. The number of nitrogens with one attached hydrogen (secondary N) is 1. The van der Waals surface area contributed by atoms with Crippen molar-refractivity contribution in [3.8, 4) is 0 Å². The number of aliphatic hydroxyl groups excluding tert-OH is 5. The maximum atomic E-state index is 13.1. The SMILES string of the molecule is CCCCCCC/C=C\C/C=C\CCCCCCCCCCCCCCCCCC(=O)NC(COC1OC(CO)C(O)C(O)C1O)C(O)/C=C/CCCCCCCCCCCCCCCCCCCCCCCCCCCCC. The van der Waals surface area contributed by atoms with E-state index in [4.69, 9.17) is 9.47 Å². The number of amides is 1. The van der Waals surface area contributed by atoms with Gasteiger partial charge in [-0.15, -0.1) is 0 Å². The molecular formula is C70H133NO8. The zero-order valence-electron chi connectivity index (χ0n) is 52.2. The van der Waals surface area contributed by atoms with Crippen molar-refractivity contribution < 1.29 is 39.8 Å². The van der Waals surface area contributed by atoms with E-state index < -0.39 is 49.5 Å². The smallest absolute Gasteiger partial charge is 0.220 e. The van der Waals surface area contributed by atoms with Crippen LogP contribution in [0, 0.1) is 0 Å². The standard InChI is InChI=1S/C70H133NO8/c1-3-5-7-9-11-13-15-17-19-21-23-25-27-29-31-32-34-35-37-39-41-43-45-47-49-51-53-55-57-59-64(73)63(62-78-70-69(77)68(76)67(75)65(61-72)79-70)71-66(74)60-58-56-54-52-50-48-46-44-42-40-38-36-33-30-28-26-24-22-20-18-16-14-12-10-8-6-4-2/h16,18,22,24,57,59,63-65,67-70,72-73,75-77H,3-15,17,19-21,23,25-56,58,60-62H2,1-2H3,(H,71,74)/b18-16-,24-22-,59-57+. The Morgan fingerprint density at radius 1 is 0.430 bits per heavy atom. The van der Waals surface area contributed by atoms with Crippen molar-refractivity contribution in [2.75, 3.05) is 13.2 Å². The number of rotatable bonds is 61. The zero-order chi connectivity index (χ0) is 57.2. The Bertz CT molecular complexity index is 1340. The fourth-order valence-electron chi connectivity index (χ4n) is 11.3. The first-order valence-electron chi connectivity index (χ1n) is 34.7. The Hall–Kier alpha value is -1.59. The minimum absolute atomic E-state index is 0.171. The highest BCUT2D eigenvalue weighted by molar-refractivity contribution is 5.76. The summed E-state index contributed by atoms with van der Waals surface area (Å²) in [6.07, 6.45) is 72.4. The van der Waals surface area contributed by atoms with E-state index in [9.17, 15) is 30.3 Å². The highest BCUT2D eigenvalue weighted by atomic mass is 16.7. The van der Waals surface area contributed by atoms with Gasteiger partial charge in [0, 0.05) is 6.42 Å². The second kappa shape index (κ2) is 59.6. The molecule has 0 bridgehead atoms. The molecule has 0 aromatic rings. The predicted molar refractivity (Wildman–Crippen MR) is 337 cm³/mol. The van der Waals surface area contributed by atoms with Crippen LogP contribution in [0.1, 0.15) is 348 Å². The maximum Gasteiger partial charge on any atom is 0.220 e. The van der Waals surface area contributed by atoms with Crippen LogP contribution in [-0.2, 0) is 14.3 Å². The number of carbonyl (C=O) groups excluding carboxylic acids is 1. The molecule has 466 valence electrons. The molecule has 0 aromatic carbocycles. The number of allylic oxidation sites excluding steroid dienone is 5. The Morgan fingerprint density at radius 2 is 0.747 bits per heavy atom. The van der Waals surface area contributed by atoms with Crippen LogP contribution in [0.25, 0.3) is 0 Å². The van der Waals surface area contributed by atoms with E-state index in [2.05, 4.69) is 43.5 Å². The minimum atomic E-state index is -1.57. The summed E-state index contributed by atoms with van der Waals surface area (Å²) >= 11 is 0. The van der Waals surface area contributed by atoms with E-state index in [1.165, 1.54) is 283 Å². The fraction of sp³-hybridized carbons (Fsp3) is 0.900. The van der Waals surface area contributed by atoms with E-state index in [-0.39, 0.29) is 12.5 Å². The second-order valence-corrected chi connectivity index (χ2v) is 24.3. The number of hydrogen-bond donors (Lipinski definition) is 6. The maximum absolute atomic E-state index is 13.1. The molecule has 0 saturated carbocycles. The molecular weight excluding hydrogens is 983 g/mol. The molecule has 6 N–H and O–H groups in total. The van der Waals surface area contributed by atoms with Crippen molar-refractivity contribution in [2.24, 2.45) is 0 Å². The van der Waals surface area contributed by atoms with Gasteiger partial charge in [-0.3, -0.25) is 4.79 Å². The summed E-state index contributed by atoms with van der Waals surface area (Å²) in [6.45, 7) is 3.82. The van der Waals surface area contributed by atoms with Crippen LogP contribution in [0.3, 0.4) is 0 Å². The number of aliphatic hydroxyl groups is 5. The Labute approximate surface area is 489 Å². The third-order valence-electron chi connectivity index (χ3n) is 16.7. The number of carbonyl (C=O) groups is 1. The quantitative estimate of drug-likeness (QED) is 0.0261. The van der Waals surface area contributed by atoms with Gasteiger partial charge in [-0.05, 0) is 51.4 Å². The van der Waals surface area contributed by atoms with Gasteiger partial charge in [0.25, 0.3) is 0 Å². The molecule has 1 fully saturated rings. The van der Waals surface area contributed by atoms with Gasteiger partial charge in [0.1, 0.15) is 24.4 Å². The summed E-state index contributed by atoms with van der Waals surface area (Å²) in [4.78, 5) is 13.1. The lowest BCUT2D eigenvalue weighted by molar-refractivity contribution is -0.302. The fourth-order valence-corrected chi connectivity index (χ4v) is 11.3. The largest absolute Gasteiger partial charge is 0.394 e. The molecule has 9 heteroatoms. The number of hydrogen-bond acceptors (Lipinski definition) is 8. The summed E-state index contributed by atoms with van der Waals surface area (Å²) in [5.74, 6) is -0.171. The van der Waals surface area contributed by atoms with Crippen LogP contribution < -0.4 is 5.32 Å². The van der Waals surface area contributed by atoms with E-state index >= 15 is 0 Å². The molecule has 79 heavy (non-hydrogen) atoms. The normalized spacial score (nSPS) is 18.7. The van der Waals surface area contributed by atoms with Crippen LogP contribution in [0.2, 0.25) is 0 Å². The Kier molecular flexibility index (Phi) is 56.9. The van der Waals surface area contributed by atoms with E-state index in [0.717, 1.165) is 44.9 Å². The van der Waals surface area contributed by atoms with Crippen LogP contribution >= 0.6 is 0 Å². The average molecular weight is 1120 g/mol. The molecule has 0 aromatic heterocycles. The van der Waals surface area contributed by atoms with Gasteiger partial charge in [-0.2, -0.15) is 0 Å². The summed E-state index contributed by atoms with van der Waals surface area (Å²) in [5, 5.41) is 54.8. The third kappa shape index (κ3) is 48.5. The molecule has 0 radical (unpaired) electrons. The van der Waals surface area contributed by atoms with Gasteiger partial charge in [-0.1, -0.05) is 326 Å². The lowest BCUT2D eigenvalue weighted by Gasteiger charge is -2.40. The highest BCUT2D eigenvalue weighted by Gasteiger charge is 2.44. The molecule has 1 aliphatic rings. The molecule has 1 rings (SSSR count). The molecule has 1 heterocycles. The third-order valence-corrected chi connectivity index (χ3v) is 16.7. The van der Waals surface area contributed by atoms with Crippen molar-refractivity contribution >= 4 is 5.91 Å². The Morgan fingerprint density at radius 3 is 1.09 bits per heavy atom. The zero-order valence-corrected chi connectivity index (χ0v) is 52.2. The molecule has 7 unspecified atom stereocenters. The van der Waals surface area contributed by atoms with Gasteiger partial charge in [0.05, 0.1) is 25.4 Å². The predicted octanol–water partition coefficient (Wildman–Crippen LogP) is 18.6. The van der Waals surface area contributed by atoms with Crippen LogP contribution in [-0.4, -0.2) is 87.5 Å². The molecule has 1 saturated heterocycles. The van der Waals surface area contributed by atoms with E-state index in [1.807, 2.05) is 6.08 Å².